The second-order valence-electron chi connectivity index (χ2n) is 4.22. The number of carbonyl (C=O) groups is 2. The van der Waals surface area contributed by atoms with Crippen molar-refractivity contribution < 1.29 is 14.7 Å². The highest BCUT2D eigenvalue weighted by atomic mass is 16.4. The molecule has 1 amide bonds. The molecule has 0 fully saturated rings. The Bertz CT molecular complexity index is 405. The number of aromatic nitrogens is 1. The molecule has 0 saturated heterocycles. The Balaban J connectivity index is 3.32. The monoisotopic (exact) mass is 236 g/mol. The van der Waals surface area contributed by atoms with E-state index in [2.05, 4.69) is 4.98 Å². The molecule has 1 atom stereocenters. The molecule has 92 valence electrons. The summed E-state index contributed by atoms with van der Waals surface area (Å²) in [5.74, 6) is -1.07. The summed E-state index contributed by atoms with van der Waals surface area (Å²) in [5.41, 5.74) is -0.848. The molecule has 0 radical (unpaired) electrons. The zero-order chi connectivity index (χ0) is 13.1. The number of carbonyl (C=O) groups excluding carboxylic acids is 1. The Morgan fingerprint density at radius 2 is 2.00 bits per heavy atom. The zero-order valence-electron chi connectivity index (χ0n) is 10.1. The highest BCUT2D eigenvalue weighted by Gasteiger charge is 2.42. The highest BCUT2D eigenvalue weighted by Crippen LogP contribution is 2.28. The fourth-order valence-corrected chi connectivity index (χ4v) is 1.80. The van der Waals surface area contributed by atoms with Crippen molar-refractivity contribution in [1.82, 2.24) is 9.88 Å². The van der Waals surface area contributed by atoms with E-state index in [9.17, 15) is 14.7 Å². The summed E-state index contributed by atoms with van der Waals surface area (Å²) < 4.78 is 0. The van der Waals surface area contributed by atoms with E-state index in [-0.39, 0.29) is 6.04 Å². The van der Waals surface area contributed by atoms with E-state index >= 15 is 0 Å². The highest BCUT2D eigenvalue weighted by molar-refractivity contribution is 5.82. The lowest BCUT2D eigenvalue weighted by Gasteiger charge is -2.38. The van der Waals surface area contributed by atoms with Crippen LogP contribution in [0.4, 0.5) is 0 Å². The molecule has 0 saturated carbocycles. The molecular weight excluding hydrogens is 220 g/mol. The van der Waals surface area contributed by atoms with Crippen molar-refractivity contribution in [3.63, 3.8) is 0 Å². The largest absolute Gasteiger partial charge is 0.479 e. The minimum absolute atomic E-state index is 0.207. The molecule has 0 aromatic carbocycles. The van der Waals surface area contributed by atoms with Crippen LogP contribution >= 0.6 is 0 Å². The van der Waals surface area contributed by atoms with Crippen molar-refractivity contribution >= 4 is 12.4 Å². The summed E-state index contributed by atoms with van der Waals surface area (Å²) in [7, 11) is 0. The van der Waals surface area contributed by atoms with Gasteiger partial charge in [0.1, 0.15) is 0 Å². The SMILES string of the molecule is CC(C)N(C=O)C(C)(C(=O)O)c1ccncc1. The second kappa shape index (κ2) is 4.95. The van der Waals surface area contributed by atoms with Crippen LogP contribution in [0.15, 0.2) is 24.5 Å². The van der Waals surface area contributed by atoms with Crippen LogP contribution in [0.3, 0.4) is 0 Å². The predicted octanol–water partition coefficient (Wildman–Crippen LogP) is 1.25. The van der Waals surface area contributed by atoms with Crippen LogP contribution in [0.2, 0.25) is 0 Å². The lowest BCUT2D eigenvalue weighted by atomic mass is 9.90. The van der Waals surface area contributed by atoms with Crippen LogP contribution < -0.4 is 0 Å². The molecule has 0 bridgehead atoms. The summed E-state index contributed by atoms with van der Waals surface area (Å²) in [6, 6.07) is 3.00. The molecule has 5 nitrogen and oxygen atoms in total. The Morgan fingerprint density at radius 3 is 2.35 bits per heavy atom. The summed E-state index contributed by atoms with van der Waals surface area (Å²) in [6.45, 7) is 5.06. The third-order valence-electron chi connectivity index (χ3n) is 2.85. The van der Waals surface area contributed by atoms with E-state index in [4.69, 9.17) is 0 Å². The summed E-state index contributed by atoms with van der Waals surface area (Å²) >= 11 is 0. The molecule has 17 heavy (non-hydrogen) atoms. The number of amides is 1. The normalized spacial score (nSPS) is 14.1. The van der Waals surface area contributed by atoms with Crippen LogP contribution in [-0.2, 0) is 15.1 Å². The van der Waals surface area contributed by atoms with E-state index in [0.717, 1.165) is 0 Å². The average molecular weight is 236 g/mol. The number of rotatable bonds is 5. The Kier molecular flexibility index (Phi) is 3.83. The van der Waals surface area contributed by atoms with Gasteiger partial charge >= 0.3 is 5.97 Å². The van der Waals surface area contributed by atoms with Crippen molar-refractivity contribution in [2.75, 3.05) is 0 Å². The van der Waals surface area contributed by atoms with Gasteiger partial charge in [0.15, 0.2) is 5.54 Å². The minimum Gasteiger partial charge on any atom is -0.479 e. The van der Waals surface area contributed by atoms with Crippen molar-refractivity contribution in [2.24, 2.45) is 0 Å². The maximum absolute atomic E-state index is 11.5. The molecule has 5 heteroatoms. The van der Waals surface area contributed by atoms with Gasteiger partial charge in [0, 0.05) is 18.4 Å². The van der Waals surface area contributed by atoms with Gasteiger partial charge in [-0.3, -0.25) is 9.78 Å². The first-order valence-corrected chi connectivity index (χ1v) is 5.32. The third kappa shape index (κ3) is 2.27. The number of hydrogen-bond acceptors (Lipinski definition) is 3. The number of nitrogens with zero attached hydrogens (tertiary/aromatic N) is 2. The number of carboxylic acids is 1. The van der Waals surface area contributed by atoms with Gasteiger partial charge < -0.3 is 10.0 Å². The van der Waals surface area contributed by atoms with E-state index in [1.54, 1.807) is 26.0 Å². The van der Waals surface area contributed by atoms with Gasteiger partial charge in [-0.1, -0.05) is 0 Å². The molecular formula is C12H16N2O3. The van der Waals surface area contributed by atoms with Crippen molar-refractivity contribution in [2.45, 2.75) is 32.4 Å². The Morgan fingerprint density at radius 1 is 1.47 bits per heavy atom. The maximum Gasteiger partial charge on any atom is 0.334 e. The minimum atomic E-state index is -1.38. The number of aliphatic carboxylic acids is 1. The predicted molar refractivity (Wildman–Crippen MR) is 62.3 cm³/mol. The van der Waals surface area contributed by atoms with Gasteiger partial charge in [-0.05, 0) is 38.5 Å². The molecule has 1 aromatic rings. The molecule has 1 aromatic heterocycles. The number of carboxylic acid groups (broad SMARTS) is 1. The van der Waals surface area contributed by atoms with E-state index < -0.39 is 11.5 Å². The fourth-order valence-electron chi connectivity index (χ4n) is 1.80. The summed E-state index contributed by atoms with van der Waals surface area (Å²) in [4.78, 5) is 27.8. The summed E-state index contributed by atoms with van der Waals surface area (Å²) in [6.07, 6.45) is 3.60. The topological polar surface area (TPSA) is 70.5 Å². The molecule has 0 aliphatic rings. The molecule has 0 aliphatic carbocycles. The standard InChI is InChI=1S/C12H16N2O3/c1-9(2)14(8-15)12(3,11(16)17)10-4-6-13-7-5-10/h4-9H,1-3H3,(H,16,17). The van der Waals surface area contributed by atoms with Gasteiger partial charge in [0.05, 0.1) is 0 Å². The van der Waals surface area contributed by atoms with Gasteiger partial charge in [-0.2, -0.15) is 0 Å². The smallest absolute Gasteiger partial charge is 0.334 e. The second-order valence-corrected chi connectivity index (χ2v) is 4.22. The van der Waals surface area contributed by atoms with Gasteiger partial charge in [-0.25, -0.2) is 4.79 Å². The molecule has 1 heterocycles. The van der Waals surface area contributed by atoms with Crippen LogP contribution in [0.25, 0.3) is 0 Å². The first kappa shape index (κ1) is 13.2. The van der Waals surface area contributed by atoms with E-state index in [1.807, 2.05) is 0 Å². The van der Waals surface area contributed by atoms with E-state index in [1.165, 1.54) is 24.2 Å². The van der Waals surface area contributed by atoms with Crippen LogP contribution in [0, 0.1) is 0 Å². The molecule has 0 aliphatic heterocycles. The summed E-state index contributed by atoms with van der Waals surface area (Å²) in [5, 5.41) is 9.42. The van der Waals surface area contributed by atoms with Gasteiger partial charge in [0.25, 0.3) is 0 Å². The van der Waals surface area contributed by atoms with Gasteiger partial charge in [0.2, 0.25) is 6.41 Å². The average Bonchev–Trinajstić information content (AvgIpc) is 2.30. The van der Waals surface area contributed by atoms with Crippen LogP contribution in [-0.4, -0.2) is 33.4 Å². The Labute approximate surface area is 100 Å². The first-order chi connectivity index (χ1) is 7.94. The lowest BCUT2D eigenvalue weighted by Crippen LogP contribution is -2.52. The fraction of sp³-hybridized carbons (Fsp3) is 0.417. The molecule has 1 rings (SSSR count). The first-order valence-electron chi connectivity index (χ1n) is 5.32. The van der Waals surface area contributed by atoms with Gasteiger partial charge in [-0.15, -0.1) is 0 Å². The van der Waals surface area contributed by atoms with E-state index in [0.29, 0.717) is 12.0 Å². The lowest BCUT2D eigenvalue weighted by molar-refractivity contribution is -0.156. The maximum atomic E-state index is 11.5. The van der Waals surface area contributed by atoms with Crippen LogP contribution in [0.1, 0.15) is 26.3 Å². The molecule has 1 N–H and O–H groups in total. The zero-order valence-corrected chi connectivity index (χ0v) is 10.1. The van der Waals surface area contributed by atoms with Crippen molar-refractivity contribution in [3.05, 3.63) is 30.1 Å². The number of hydrogen-bond donors (Lipinski definition) is 1. The molecule has 0 spiro atoms. The van der Waals surface area contributed by atoms with Crippen molar-refractivity contribution in [1.29, 1.82) is 0 Å². The van der Waals surface area contributed by atoms with Crippen molar-refractivity contribution in [3.8, 4) is 0 Å². The Hall–Kier alpha value is -1.91. The van der Waals surface area contributed by atoms with Crippen LogP contribution in [0.5, 0.6) is 0 Å². The quantitative estimate of drug-likeness (QED) is 0.781. The third-order valence-corrected chi connectivity index (χ3v) is 2.85. The molecule has 1 unspecified atom stereocenters. The number of pyridine rings is 1.